The van der Waals surface area contributed by atoms with Gasteiger partial charge in [-0.15, -0.1) is 12.3 Å². The predicted octanol–water partition coefficient (Wildman–Crippen LogP) is 2.40. The molecule has 0 radical (unpaired) electrons. The first-order valence-electron chi connectivity index (χ1n) is 3.99. The van der Waals surface area contributed by atoms with Crippen LogP contribution in [0.4, 0.5) is 0 Å². The molecule has 0 heterocycles. The quantitative estimate of drug-likeness (QED) is 0.484. The van der Waals surface area contributed by atoms with Gasteiger partial charge in [0.1, 0.15) is 0 Å². The van der Waals surface area contributed by atoms with Gasteiger partial charge in [-0.05, 0) is 20.3 Å². The van der Waals surface area contributed by atoms with E-state index >= 15 is 0 Å². The maximum absolute atomic E-state index is 8.82. The molecule has 0 amide bonds. The predicted molar refractivity (Wildman–Crippen MR) is 51.2 cm³/mol. The molecule has 0 unspecified atom stereocenters. The van der Waals surface area contributed by atoms with Crippen LogP contribution in [-0.2, 0) is 0 Å². The van der Waals surface area contributed by atoms with Crippen LogP contribution in [0.5, 0.6) is 0 Å². The molecule has 0 N–H and O–H groups in total. The van der Waals surface area contributed by atoms with E-state index in [1.165, 1.54) is 0 Å². The van der Waals surface area contributed by atoms with Gasteiger partial charge in [0.05, 0.1) is 12.1 Å². The first-order chi connectivity index (χ1) is 6.10. The third-order valence-corrected chi connectivity index (χ3v) is 1.69. The third-order valence-electron chi connectivity index (χ3n) is 1.69. The van der Waals surface area contributed by atoms with Crippen LogP contribution in [0.2, 0.25) is 0 Å². The molecule has 0 bridgehead atoms. The van der Waals surface area contributed by atoms with E-state index in [2.05, 4.69) is 5.92 Å². The zero-order valence-electron chi connectivity index (χ0n) is 7.96. The van der Waals surface area contributed by atoms with Crippen molar-refractivity contribution in [3.63, 3.8) is 0 Å². The highest BCUT2D eigenvalue weighted by Gasteiger charge is 2.27. The smallest absolute Gasteiger partial charge is 0.158 e. The number of terminal acetylenes is 1. The minimum absolute atomic E-state index is 0.184. The van der Waals surface area contributed by atoms with Crippen LogP contribution in [0.15, 0.2) is 11.6 Å². The first-order valence-corrected chi connectivity index (χ1v) is 3.99. The topological polar surface area (TPSA) is 47.6 Å². The Morgan fingerprint density at radius 3 is 2.23 bits per heavy atom. The summed E-state index contributed by atoms with van der Waals surface area (Å²) in [5, 5.41) is 17.6. The van der Waals surface area contributed by atoms with Crippen LogP contribution in [0.3, 0.4) is 0 Å². The molecule has 0 aromatic heterocycles. The van der Waals surface area contributed by atoms with E-state index < -0.39 is 5.41 Å². The van der Waals surface area contributed by atoms with Crippen molar-refractivity contribution in [3.8, 4) is 24.5 Å². The Kier molecular flexibility index (Phi) is 4.36. The van der Waals surface area contributed by atoms with Crippen molar-refractivity contribution in [1.82, 2.24) is 0 Å². The van der Waals surface area contributed by atoms with Gasteiger partial charge in [0.15, 0.2) is 5.41 Å². The van der Waals surface area contributed by atoms with E-state index in [0.29, 0.717) is 6.42 Å². The fraction of sp³-hybridized carbons (Fsp3) is 0.455. The molecule has 0 saturated carbocycles. The summed E-state index contributed by atoms with van der Waals surface area (Å²) in [4.78, 5) is 0. The SMILES string of the molecule is C#CCC(C#N)(C#N)CC=C(C)C. The van der Waals surface area contributed by atoms with Crippen LogP contribution in [0, 0.1) is 40.4 Å². The molecule has 2 heteroatoms. The molecule has 0 spiro atoms. The Morgan fingerprint density at radius 1 is 1.38 bits per heavy atom. The Labute approximate surface area is 79.5 Å². The fourth-order valence-electron chi connectivity index (χ4n) is 0.820. The zero-order chi connectivity index (χ0) is 10.3. The summed E-state index contributed by atoms with van der Waals surface area (Å²) >= 11 is 0. The molecule has 0 aliphatic rings. The molecule has 2 nitrogen and oxygen atoms in total. The normalized spacial score (nSPS) is 9.15. The molecule has 0 aromatic carbocycles. The highest BCUT2D eigenvalue weighted by molar-refractivity contribution is 5.20. The number of nitrogens with zero attached hydrogens (tertiary/aromatic N) is 2. The molecular formula is C11H12N2. The third kappa shape index (κ3) is 3.46. The lowest BCUT2D eigenvalue weighted by atomic mass is 9.84. The highest BCUT2D eigenvalue weighted by Crippen LogP contribution is 2.25. The van der Waals surface area contributed by atoms with Gasteiger partial charge in [0.25, 0.3) is 0 Å². The van der Waals surface area contributed by atoms with Crippen molar-refractivity contribution in [2.24, 2.45) is 5.41 Å². The number of hydrogen-bond donors (Lipinski definition) is 0. The highest BCUT2D eigenvalue weighted by atomic mass is 14.4. The van der Waals surface area contributed by atoms with E-state index in [1.54, 1.807) is 0 Å². The standard InChI is InChI=1S/C11H12N2/c1-4-6-11(8-12,9-13)7-5-10(2)3/h1,5H,6-7H2,2-3H3. The average molecular weight is 172 g/mol. The number of hydrogen-bond acceptors (Lipinski definition) is 2. The Balaban J connectivity index is 4.66. The molecule has 66 valence electrons. The van der Waals surface area contributed by atoms with Crippen LogP contribution >= 0.6 is 0 Å². The van der Waals surface area contributed by atoms with Gasteiger partial charge in [-0.3, -0.25) is 0 Å². The van der Waals surface area contributed by atoms with E-state index in [4.69, 9.17) is 16.9 Å². The van der Waals surface area contributed by atoms with Crippen LogP contribution in [0.1, 0.15) is 26.7 Å². The monoisotopic (exact) mass is 172 g/mol. The van der Waals surface area contributed by atoms with Gasteiger partial charge >= 0.3 is 0 Å². The first kappa shape index (κ1) is 11.3. The van der Waals surface area contributed by atoms with E-state index in [9.17, 15) is 0 Å². The molecule has 0 aromatic rings. The number of allylic oxidation sites excluding steroid dienone is 2. The fourth-order valence-corrected chi connectivity index (χ4v) is 0.820. The number of nitriles is 2. The summed E-state index contributed by atoms with van der Waals surface area (Å²) in [7, 11) is 0. The van der Waals surface area contributed by atoms with E-state index in [0.717, 1.165) is 5.57 Å². The molecule has 0 atom stereocenters. The van der Waals surface area contributed by atoms with E-state index in [-0.39, 0.29) is 6.42 Å². The van der Waals surface area contributed by atoms with Gasteiger partial charge in [0, 0.05) is 6.42 Å². The Morgan fingerprint density at radius 2 is 1.92 bits per heavy atom. The molecule has 13 heavy (non-hydrogen) atoms. The largest absolute Gasteiger partial charge is 0.197 e. The Hall–Kier alpha value is -1.72. The lowest BCUT2D eigenvalue weighted by molar-refractivity contribution is 0.546. The van der Waals surface area contributed by atoms with Crippen molar-refractivity contribution >= 4 is 0 Å². The van der Waals surface area contributed by atoms with Gasteiger partial charge in [-0.2, -0.15) is 10.5 Å². The minimum atomic E-state index is -1.04. The maximum atomic E-state index is 8.82. The summed E-state index contributed by atoms with van der Waals surface area (Å²) in [5.74, 6) is 2.36. The van der Waals surface area contributed by atoms with Crippen LogP contribution in [-0.4, -0.2) is 0 Å². The summed E-state index contributed by atoms with van der Waals surface area (Å²) in [6.07, 6.45) is 7.56. The van der Waals surface area contributed by atoms with Crippen molar-refractivity contribution in [3.05, 3.63) is 11.6 Å². The summed E-state index contributed by atoms with van der Waals surface area (Å²) in [6, 6.07) is 3.95. The lowest BCUT2D eigenvalue weighted by Gasteiger charge is -2.12. The minimum Gasteiger partial charge on any atom is -0.197 e. The second-order valence-electron chi connectivity index (χ2n) is 3.17. The summed E-state index contributed by atoms with van der Waals surface area (Å²) in [6.45, 7) is 3.85. The molecule has 0 aliphatic carbocycles. The van der Waals surface area contributed by atoms with Crippen LogP contribution < -0.4 is 0 Å². The summed E-state index contributed by atoms with van der Waals surface area (Å²) < 4.78 is 0. The van der Waals surface area contributed by atoms with Gasteiger partial charge in [-0.25, -0.2) is 0 Å². The molecule has 0 saturated heterocycles. The number of rotatable bonds is 3. The maximum Gasteiger partial charge on any atom is 0.158 e. The average Bonchev–Trinajstić information content (AvgIpc) is 2.12. The van der Waals surface area contributed by atoms with Crippen molar-refractivity contribution in [2.45, 2.75) is 26.7 Å². The van der Waals surface area contributed by atoms with Crippen molar-refractivity contribution in [2.75, 3.05) is 0 Å². The lowest BCUT2D eigenvalue weighted by Crippen LogP contribution is -2.14. The molecular weight excluding hydrogens is 160 g/mol. The second kappa shape index (κ2) is 5.02. The molecule has 0 aliphatic heterocycles. The van der Waals surface area contributed by atoms with Gasteiger partial charge in [-0.1, -0.05) is 11.6 Å². The van der Waals surface area contributed by atoms with Crippen molar-refractivity contribution in [1.29, 1.82) is 10.5 Å². The van der Waals surface area contributed by atoms with Gasteiger partial charge in [0.2, 0.25) is 0 Å². The van der Waals surface area contributed by atoms with E-state index in [1.807, 2.05) is 32.1 Å². The zero-order valence-corrected chi connectivity index (χ0v) is 7.96. The second-order valence-corrected chi connectivity index (χ2v) is 3.17. The molecule has 0 rings (SSSR count). The van der Waals surface area contributed by atoms with Crippen molar-refractivity contribution < 1.29 is 0 Å². The summed E-state index contributed by atoms with van der Waals surface area (Å²) in [5.41, 5.74) is 0.0540. The molecule has 0 fully saturated rings. The Bertz CT molecular complexity index is 299. The van der Waals surface area contributed by atoms with Crippen LogP contribution in [0.25, 0.3) is 0 Å². The van der Waals surface area contributed by atoms with Gasteiger partial charge < -0.3 is 0 Å².